The second-order valence-corrected chi connectivity index (χ2v) is 9.02. The molecule has 30 heavy (non-hydrogen) atoms. The molecule has 0 saturated carbocycles. The number of pyridine rings is 2. The molecule has 0 unspecified atom stereocenters. The molecule has 0 spiro atoms. The van der Waals surface area contributed by atoms with Crippen LogP contribution in [0.15, 0.2) is 24.5 Å². The van der Waals surface area contributed by atoms with Crippen molar-refractivity contribution in [3.8, 4) is 0 Å². The van der Waals surface area contributed by atoms with Gasteiger partial charge in [0.25, 0.3) is 0 Å². The summed E-state index contributed by atoms with van der Waals surface area (Å²) in [5.74, 6) is 0.896. The zero-order valence-corrected chi connectivity index (χ0v) is 18.1. The van der Waals surface area contributed by atoms with E-state index < -0.39 is 11.2 Å². The van der Waals surface area contributed by atoms with Gasteiger partial charge in [0.15, 0.2) is 0 Å². The van der Waals surface area contributed by atoms with Gasteiger partial charge in [0.1, 0.15) is 22.5 Å². The number of aliphatic hydroxyl groups is 1. The van der Waals surface area contributed by atoms with E-state index in [0.29, 0.717) is 32.5 Å². The Morgan fingerprint density at radius 3 is 2.63 bits per heavy atom. The largest absolute Gasteiger partial charge is 0.444 e. The molecule has 8 nitrogen and oxygen atoms in total. The molecular formula is C22H29N5O3. The van der Waals surface area contributed by atoms with E-state index in [4.69, 9.17) is 9.72 Å². The number of aryl methyl sites for hydroxylation is 1. The topological polar surface area (TPSA) is 93.4 Å². The van der Waals surface area contributed by atoms with Crippen LogP contribution in [-0.4, -0.2) is 59.9 Å². The Balaban J connectivity index is 1.60. The van der Waals surface area contributed by atoms with Crippen molar-refractivity contribution >= 4 is 28.2 Å². The number of nitrogens with zero attached hydrogens (tertiary/aromatic N) is 5. The van der Waals surface area contributed by atoms with E-state index in [0.717, 1.165) is 34.3 Å². The minimum Gasteiger partial charge on any atom is -0.444 e. The smallest absolute Gasteiger partial charge is 0.410 e. The minimum absolute atomic E-state index is 0.326. The van der Waals surface area contributed by atoms with E-state index in [1.165, 1.54) is 0 Å². The van der Waals surface area contributed by atoms with Gasteiger partial charge in [-0.2, -0.15) is 0 Å². The van der Waals surface area contributed by atoms with Gasteiger partial charge in [-0.1, -0.05) is 6.92 Å². The van der Waals surface area contributed by atoms with Crippen LogP contribution in [0.25, 0.3) is 22.1 Å². The standard InChI is InChI=1S/C22H29N5O3/c1-5-17-25-16-13-24-15-7-6-10-23-18(15)19(16)27(17)14-22(29)8-11-26(12-9-22)20(28)30-21(2,3)4/h6-7,10,13,29H,5,8-9,11-12,14H2,1-4H3. The molecule has 4 heterocycles. The van der Waals surface area contributed by atoms with Gasteiger partial charge in [-0.05, 0) is 45.7 Å². The first-order valence-corrected chi connectivity index (χ1v) is 10.5. The van der Waals surface area contributed by atoms with Crippen molar-refractivity contribution in [2.75, 3.05) is 13.1 Å². The average Bonchev–Trinajstić information content (AvgIpc) is 3.04. The van der Waals surface area contributed by atoms with Gasteiger partial charge in [-0.25, -0.2) is 9.78 Å². The van der Waals surface area contributed by atoms with E-state index in [1.54, 1.807) is 17.3 Å². The quantitative estimate of drug-likeness (QED) is 0.711. The molecule has 1 aliphatic heterocycles. The van der Waals surface area contributed by atoms with Crippen molar-refractivity contribution in [2.45, 2.75) is 64.7 Å². The van der Waals surface area contributed by atoms with Crippen LogP contribution in [0.2, 0.25) is 0 Å². The Morgan fingerprint density at radius 1 is 1.23 bits per heavy atom. The second-order valence-electron chi connectivity index (χ2n) is 9.02. The van der Waals surface area contributed by atoms with Crippen molar-refractivity contribution in [3.05, 3.63) is 30.4 Å². The van der Waals surface area contributed by atoms with Crippen molar-refractivity contribution < 1.29 is 14.6 Å². The summed E-state index contributed by atoms with van der Waals surface area (Å²) < 4.78 is 7.55. The zero-order chi connectivity index (χ0) is 21.5. The van der Waals surface area contributed by atoms with Crippen LogP contribution < -0.4 is 0 Å². The molecule has 0 atom stereocenters. The van der Waals surface area contributed by atoms with Gasteiger partial charge < -0.3 is 19.3 Å². The Morgan fingerprint density at radius 2 is 1.97 bits per heavy atom. The maximum absolute atomic E-state index is 12.4. The van der Waals surface area contributed by atoms with Gasteiger partial charge >= 0.3 is 6.09 Å². The summed E-state index contributed by atoms with van der Waals surface area (Å²) in [6.45, 7) is 8.94. The molecule has 0 aliphatic carbocycles. The molecular weight excluding hydrogens is 382 g/mol. The first-order chi connectivity index (χ1) is 14.2. The Kier molecular flexibility index (Phi) is 5.13. The summed E-state index contributed by atoms with van der Waals surface area (Å²) in [4.78, 5) is 27.7. The van der Waals surface area contributed by atoms with Crippen LogP contribution in [0.5, 0.6) is 0 Å². The lowest BCUT2D eigenvalue weighted by Gasteiger charge is -2.39. The number of rotatable bonds is 3. The summed E-state index contributed by atoms with van der Waals surface area (Å²) in [5, 5.41) is 11.4. The number of amides is 1. The third kappa shape index (κ3) is 3.96. The molecule has 3 aromatic rings. The monoisotopic (exact) mass is 411 g/mol. The van der Waals surface area contributed by atoms with Crippen LogP contribution >= 0.6 is 0 Å². The maximum atomic E-state index is 12.4. The molecule has 4 rings (SSSR count). The van der Waals surface area contributed by atoms with Crippen LogP contribution in [0.3, 0.4) is 0 Å². The van der Waals surface area contributed by atoms with E-state index in [2.05, 4.69) is 21.5 Å². The van der Waals surface area contributed by atoms with E-state index in [1.807, 2.05) is 32.9 Å². The molecule has 1 aliphatic rings. The lowest BCUT2D eigenvalue weighted by atomic mass is 9.91. The summed E-state index contributed by atoms with van der Waals surface area (Å²) in [7, 11) is 0. The lowest BCUT2D eigenvalue weighted by molar-refractivity contribution is -0.0411. The molecule has 1 N–H and O–H groups in total. The second kappa shape index (κ2) is 7.50. The number of piperidine rings is 1. The number of fused-ring (bicyclic) bond motifs is 3. The first kappa shape index (κ1) is 20.5. The molecule has 0 radical (unpaired) electrons. The molecule has 160 valence electrons. The summed E-state index contributed by atoms with van der Waals surface area (Å²) in [6, 6.07) is 3.79. The van der Waals surface area contributed by atoms with Crippen LogP contribution in [0, 0.1) is 0 Å². The fraction of sp³-hybridized carbons (Fsp3) is 0.545. The number of imidazole rings is 1. The lowest BCUT2D eigenvalue weighted by Crippen LogP contribution is -2.49. The third-order valence-electron chi connectivity index (χ3n) is 5.52. The Labute approximate surface area is 175 Å². The highest BCUT2D eigenvalue weighted by molar-refractivity contribution is 5.99. The fourth-order valence-corrected chi connectivity index (χ4v) is 4.00. The third-order valence-corrected chi connectivity index (χ3v) is 5.52. The molecule has 1 saturated heterocycles. The fourth-order valence-electron chi connectivity index (χ4n) is 4.00. The molecule has 1 fully saturated rings. The summed E-state index contributed by atoms with van der Waals surface area (Å²) >= 11 is 0. The summed E-state index contributed by atoms with van der Waals surface area (Å²) in [6.07, 6.45) is 4.89. The Hall–Kier alpha value is -2.74. The average molecular weight is 412 g/mol. The minimum atomic E-state index is -0.930. The first-order valence-electron chi connectivity index (χ1n) is 10.5. The highest BCUT2D eigenvalue weighted by Gasteiger charge is 2.36. The van der Waals surface area contributed by atoms with Crippen molar-refractivity contribution in [1.82, 2.24) is 24.4 Å². The van der Waals surface area contributed by atoms with Crippen molar-refractivity contribution in [1.29, 1.82) is 0 Å². The molecule has 0 aromatic carbocycles. The Bertz CT molecular complexity index is 1080. The van der Waals surface area contributed by atoms with Gasteiger partial charge in [-0.3, -0.25) is 9.97 Å². The zero-order valence-electron chi connectivity index (χ0n) is 18.1. The molecule has 3 aromatic heterocycles. The number of hydrogen-bond acceptors (Lipinski definition) is 6. The molecule has 8 heteroatoms. The van der Waals surface area contributed by atoms with E-state index >= 15 is 0 Å². The van der Waals surface area contributed by atoms with Crippen LogP contribution in [0.1, 0.15) is 46.4 Å². The number of hydrogen-bond donors (Lipinski definition) is 1. The van der Waals surface area contributed by atoms with Gasteiger partial charge in [0.05, 0.1) is 29.4 Å². The van der Waals surface area contributed by atoms with Gasteiger partial charge in [0, 0.05) is 25.7 Å². The van der Waals surface area contributed by atoms with E-state index in [9.17, 15) is 9.90 Å². The van der Waals surface area contributed by atoms with Crippen LogP contribution in [0.4, 0.5) is 4.79 Å². The predicted molar refractivity (Wildman–Crippen MR) is 114 cm³/mol. The van der Waals surface area contributed by atoms with Gasteiger partial charge in [-0.15, -0.1) is 0 Å². The van der Waals surface area contributed by atoms with Crippen molar-refractivity contribution in [3.63, 3.8) is 0 Å². The predicted octanol–water partition coefficient (Wildman–Crippen LogP) is 3.30. The van der Waals surface area contributed by atoms with Crippen LogP contribution in [-0.2, 0) is 17.7 Å². The highest BCUT2D eigenvalue weighted by atomic mass is 16.6. The number of ether oxygens (including phenoxy) is 1. The normalized spacial score (nSPS) is 16.9. The maximum Gasteiger partial charge on any atom is 0.410 e. The van der Waals surface area contributed by atoms with Gasteiger partial charge in [0.2, 0.25) is 0 Å². The van der Waals surface area contributed by atoms with Crippen molar-refractivity contribution in [2.24, 2.45) is 0 Å². The number of carbonyl (C=O) groups excluding carboxylic acids is 1. The summed E-state index contributed by atoms with van der Waals surface area (Å²) in [5.41, 5.74) is 1.82. The number of carbonyl (C=O) groups is 1. The van der Waals surface area contributed by atoms with E-state index in [-0.39, 0.29) is 6.09 Å². The number of likely N-dealkylation sites (tertiary alicyclic amines) is 1. The number of aromatic nitrogens is 4. The molecule has 0 bridgehead atoms. The molecule has 1 amide bonds. The highest BCUT2D eigenvalue weighted by Crippen LogP contribution is 2.30. The SMILES string of the molecule is CCc1nc2cnc3cccnc3c2n1CC1(O)CCN(C(=O)OC(C)(C)C)CC1.